The number of nitrogens with one attached hydrogen (secondary N) is 2. The van der Waals surface area contributed by atoms with Crippen LogP contribution in [0.2, 0.25) is 0 Å². The minimum atomic E-state index is -0.554. The molecule has 4 rings (SSSR count). The molecule has 0 spiro atoms. The van der Waals surface area contributed by atoms with Gasteiger partial charge in [0.1, 0.15) is 17.1 Å². The predicted octanol–water partition coefficient (Wildman–Crippen LogP) is 6.31. The zero-order valence-electron chi connectivity index (χ0n) is 23.2. The van der Waals surface area contributed by atoms with Crippen LogP contribution >= 0.6 is 0 Å². The Hall–Kier alpha value is -4.17. The molecule has 0 atom stereocenters. The van der Waals surface area contributed by atoms with Crippen LogP contribution in [0.3, 0.4) is 0 Å². The summed E-state index contributed by atoms with van der Waals surface area (Å²) in [7, 11) is 1.58. The first kappa shape index (κ1) is 27.9. The number of hydrogen-bond donors (Lipinski definition) is 3. The molecule has 0 saturated carbocycles. The molecule has 4 aromatic rings. The van der Waals surface area contributed by atoms with Crippen LogP contribution in [-0.4, -0.2) is 27.8 Å². The van der Waals surface area contributed by atoms with Crippen LogP contribution in [-0.2, 0) is 18.6 Å². The predicted molar refractivity (Wildman–Crippen MR) is 157 cm³/mol. The van der Waals surface area contributed by atoms with E-state index in [1.165, 1.54) is 0 Å². The smallest absolute Gasteiger partial charge is 0.323 e. The van der Waals surface area contributed by atoms with E-state index in [-0.39, 0.29) is 23.3 Å². The van der Waals surface area contributed by atoms with E-state index in [1.807, 2.05) is 69.3 Å². The van der Waals surface area contributed by atoms with Crippen LogP contribution in [0.5, 0.6) is 5.75 Å². The molecule has 0 radical (unpaired) electrons. The van der Waals surface area contributed by atoms with E-state index in [4.69, 9.17) is 4.74 Å². The second-order valence-electron chi connectivity index (χ2n) is 10.5. The minimum absolute atomic E-state index is 0.152. The molecule has 0 aliphatic heterocycles. The highest BCUT2D eigenvalue weighted by Gasteiger charge is 2.23. The summed E-state index contributed by atoms with van der Waals surface area (Å²) in [6.45, 7) is 8.53. The second kappa shape index (κ2) is 11.7. The van der Waals surface area contributed by atoms with Gasteiger partial charge in [-0.2, -0.15) is 0 Å². The summed E-state index contributed by atoms with van der Waals surface area (Å²) in [6.07, 6.45) is 3.36. The van der Waals surface area contributed by atoms with Crippen molar-refractivity contribution in [3.8, 4) is 16.9 Å². The number of unbranched alkanes of at least 4 members (excludes halogenated alkanes) is 1. The highest BCUT2D eigenvalue weighted by Crippen LogP contribution is 2.35. The van der Waals surface area contributed by atoms with Crippen molar-refractivity contribution in [3.05, 3.63) is 82.3 Å². The van der Waals surface area contributed by atoms with Gasteiger partial charge in [-0.3, -0.25) is 9.36 Å². The Labute approximate surface area is 228 Å². The molecule has 39 heavy (non-hydrogen) atoms. The standard InChI is InChI=1S/C31H36N4O4/c1-6-7-16-35-28-23(12-9-15-32-28)26(21-10-8-11-22(18-21)39-5)27(29(35)37)34-30(38)33-25-17-20(19-36)13-14-24(25)31(2,3)4/h8-15,17-18,36H,6-7,16,19H2,1-5H3,(H2,33,34,38). The number of rotatable bonds is 8. The number of carbonyl (C=O) groups is 1. The van der Waals surface area contributed by atoms with E-state index in [0.29, 0.717) is 34.8 Å². The van der Waals surface area contributed by atoms with Gasteiger partial charge in [0.2, 0.25) is 0 Å². The summed E-state index contributed by atoms with van der Waals surface area (Å²) in [4.78, 5) is 32.0. The SMILES string of the molecule is CCCCn1c(=O)c(NC(=O)Nc2cc(CO)ccc2C(C)(C)C)c(-c2cccc(OC)c2)c2cccnc21. The van der Waals surface area contributed by atoms with Crippen molar-refractivity contribution >= 4 is 28.4 Å². The highest BCUT2D eigenvalue weighted by molar-refractivity contribution is 6.07. The molecule has 204 valence electrons. The molecule has 0 unspecified atom stereocenters. The number of amides is 2. The Morgan fingerprint density at radius 2 is 1.87 bits per heavy atom. The van der Waals surface area contributed by atoms with Crippen molar-refractivity contribution in [2.45, 2.75) is 59.1 Å². The Morgan fingerprint density at radius 1 is 1.08 bits per heavy atom. The molecule has 0 bridgehead atoms. The molecule has 0 saturated heterocycles. The number of aliphatic hydroxyl groups is 1. The summed E-state index contributed by atoms with van der Waals surface area (Å²) >= 11 is 0. The largest absolute Gasteiger partial charge is 0.497 e. The number of benzene rings is 2. The third kappa shape index (κ3) is 5.96. The van der Waals surface area contributed by atoms with Gasteiger partial charge in [-0.15, -0.1) is 0 Å². The number of aliphatic hydroxyl groups excluding tert-OH is 1. The van der Waals surface area contributed by atoms with Gasteiger partial charge in [0.25, 0.3) is 5.56 Å². The number of methoxy groups -OCH3 is 1. The van der Waals surface area contributed by atoms with Crippen molar-refractivity contribution in [3.63, 3.8) is 0 Å². The average Bonchev–Trinajstić information content (AvgIpc) is 2.92. The fraction of sp³-hybridized carbons (Fsp3) is 0.323. The first-order chi connectivity index (χ1) is 18.7. The van der Waals surface area contributed by atoms with Gasteiger partial charge in [-0.1, -0.05) is 58.4 Å². The van der Waals surface area contributed by atoms with E-state index < -0.39 is 6.03 Å². The maximum atomic E-state index is 14.0. The van der Waals surface area contributed by atoms with Gasteiger partial charge in [-0.25, -0.2) is 9.78 Å². The average molecular weight is 529 g/mol. The van der Waals surface area contributed by atoms with E-state index >= 15 is 0 Å². The topological polar surface area (TPSA) is 105 Å². The summed E-state index contributed by atoms with van der Waals surface area (Å²) < 4.78 is 7.07. The molecular weight excluding hydrogens is 492 g/mol. The molecule has 2 aromatic carbocycles. The van der Waals surface area contributed by atoms with Crippen LogP contribution in [0, 0.1) is 0 Å². The number of hydrogen-bond acceptors (Lipinski definition) is 5. The Balaban J connectivity index is 1.88. The zero-order chi connectivity index (χ0) is 28.2. The molecule has 0 aliphatic rings. The minimum Gasteiger partial charge on any atom is -0.497 e. The number of anilines is 2. The fourth-order valence-corrected chi connectivity index (χ4v) is 4.71. The summed E-state index contributed by atoms with van der Waals surface area (Å²) in [5, 5.41) is 16.2. The first-order valence-corrected chi connectivity index (χ1v) is 13.2. The summed E-state index contributed by atoms with van der Waals surface area (Å²) in [6, 6.07) is 16.1. The maximum absolute atomic E-state index is 14.0. The summed E-state index contributed by atoms with van der Waals surface area (Å²) in [5.41, 5.74) is 3.58. The maximum Gasteiger partial charge on any atom is 0.323 e. The number of fused-ring (bicyclic) bond motifs is 1. The fourth-order valence-electron chi connectivity index (χ4n) is 4.71. The van der Waals surface area contributed by atoms with Crippen LogP contribution in [0.25, 0.3) is 22.2 Å². The number of urea groups is 1. The lowest BCUT2D eigenvalue weighted by Gasteiger charge is -2.24. The lowest BCUT2D eigenvalue weighted by atomic mass is 9.85. The van der Waals surface area contributed by atoms with Gasteiger partial charge in [0, 0.05) is 29.4 Å². The number of aromatic nitrogens is 2. The molecule has 2 aromatic heterocycles. The van der Waals surface area contributed by atoms with E-state index in [2.05, 4.69) is 22.5 Å². The van der Waals surface area contributed by atoms with Crippen LogP contribution < -0.4 is 20.9 Å². The van der Waals surface area contributed by atoms with E-state index in [1.54, 1.807) is 23.9 Å². The van der Waals surface area contributed by atoms with E-state index in [9.17, 15) is 14.7 Å². The third-order valence-corrected chi connectivity index (χ3v) is 6.68. The number of carbonyl (C=O) groups excluding carboxylic acids is 1. The molecule has 0 aliphatic carbocycles. The molecule has 2 amide bonds. The van der Waals surface area contributed by atoms with Crippen LogP contribution in [0.1, 0.15) is 51.7 Å². The van der Waals surface area contributed by atoms with Crippen molar-refractivity contribution < 1.29 is 14.6 Å². The highest BCUT2D eigenvalue weighted by atomic mass is 16.5. The Bertz CT molecular complexity index is 1550. The first-order valence-electron chi connectivity index (χ1n) is 13.2. The molecule has 8 heteroatoms. The molecular formula is C31H36N4O4. The Morgan fingerprint density at radius 3 is 2.56 bits per heavy atom. The molecule has 8 nitrogen and oxygen atoms in total. The van der Waals surface area contributed by atoms with Crippen molar-refractivity contribution in [2.24, 2.45) is 0 Å². The van der Waals surface area contributed by atoms with Crippen LogP contribution in [0.4, 0.5) is 16.2 Å². The van der Waals surface area contributed by atoms with Crippen molar-refractivity contribution in [1.82, 2.24) is 9.55 Å². The summed E-state index contributed by atoms with van der Waals surface area (Å²) in [5.74, 6) is 0.630. The lowest BCUT2D eigenvalue weighted by molar-refractivity contribution is 0.262. The van der Waals surface area contributed by atoms with E-state index in [0.717, 1.165) is 29.4 Å². The zero-order valence-corrected chi connectivity index (χ0v) is 23.2. The van der Waals surface area contributed by atoms with Crippen LogP contribution in [0.15, 0.2) is 65.6 Å². The third-order valence-electron chi connectivity index (χ3n) is 6.68. The number of aryl methyl sites for hydroxylation is 1. The number of ether oxygens (including phenoxy) is 1. The normalized spacial score (nSPS) is 11.4. The van der Waals surface area contributed by atoms with Gasteiger partial charge in [0.05, 0.1) is 13.7 Å². The van der Waals surface area contributed by atoms with Gasteiger partial charge < -0.3 is 20.5 Å². The molecule has 2 heterocycles. The quantitative estimate of drug-likeness (QED) is 0.249. The van der Waals surface area contributed by atoms with Crippen molar-refractivity contribution in [1.29, 1.82) is 0 Å². The van der Waals surface area contributed by atoms with Crippen molar-refractivity contribution in [2.75, 3.05) is 17.7 Å². The second-order valence-corrected chi connectivity index (χ2v) is 10.5. The monoisotopic (exact) mass is 528 g/mol. The lowest BCUT2D eigenvalue weighted by Crippen LogP contribution is -2.30. The van der Waals surface area contributed by atoms with Gasteiger partial charge in [-0.05, 0) is 58.9 Å². The number of nitrogens with zero attached hydrogens (tertiary/aromatic N) is 2. The molecule has 0 fully saturated rings. The molecule has 3 N–H and O–H groups in total. The Kier molecular flexibility index (Phi) is 8.35. The van der Waals surface area contributed by atoms with Gasteiger partial charge in [0.15, 0.2) is 0 Å². The number of pyridine rings is 2. The van der Waals surface area contributed by atoms with Gasteiger partial charge >= 0.3 is 6.03 Å².